The number of nitrogens with one attached hydrogen (secondary N) is 1. The van der Waals surface area contributed by atoms with Gasteiger partial charge in [-0.05, 0) is 50.1 Å². The average molecular weight is 390 g/mol. The molecule has 1 amide bonds. The van der Waals surface area contributed by atoms with Crippen LogP contribution in [0.3, 0.4) is 0 Å². The highest BCUT2D eigenvalue weighted by Gasteiger charge is 2.14. The van der Waals surface area contributed by atoms with Crippen molar-refractivity contribution in [1.29, 1.82) is 0 Å². The molecule has 5 nitrogen and oxygen atoms in total. The van der Waals surface area contributed by atoms with Crippen molar-refractivity contribution in [3.63, 3.8) is 0 Å². The summed E-state index contributed by atoms with van der Waals surface area (Å²) in [6, 6.07) is 11.1. The van der Waals surface area contributed by atoms with E-state index in [-0.39, 0.29) is 12.0 Å². The molecule has 1 aliphatic heterocycles. The number of para-hydroxylation sites is 1. The summed E-state index contributed by atoms with van der Waals surface area (Å²) < 4.78 is 17.1. The van der Waals surface area contributed by atoms with Gasteiger partial charge in [0, 0.05) is 12.8 Å². The minimum Gasteiger partial charge on any atom is -0.490 e. The van der Waals surface area contributed by atoms with Gasteiger partial charge < -0.3 is 19.5 Å². The summed E-state index contributed by atoms with van der Waals surface area (Å²) in [5, 5.41) is 3.37. The molecule has 0 aromatic heterocycles. The summed E-state index contributed by atoms with van der Waals surface area (Å²) in [4.78, 5) is 12.4. The Balaban J connectivity index is 1.62. The first-order chi connectivity index (χ1) is 13.0. The maximum atomic E-state index is 12.4. The molecule has 2 aromatic carbocycles. The fourth-order valence-electron chi connectivity index (χ4n) is 2.80. The Labute approximate surface area is 164 Å². The van der Waals surface area contributed by atoms with Gasteiger partial charge in [0.05, 0.1) is 30.0 Å². The number of amides is 1. The molecule has 0 saturated carbocycles. The number of benzene rings is 2. The highest BCUT2D eigenvalue weighted by Crippen LogP contribution is 2.34. The quantitative estimate of drug-likeness (QED) is 0.766. The number of fused-ring (bicyclic) bond motifs is 1. The molecule has 1 N–H and O–H groups in total. The molecule has 0 aliphatic carbocycles. The van der Waals surface area contributed by atoms with Gasteiger partial charge in [0.25, 0.3) is 0 Å². The highest BCUT2D eigenvalue weighted by atomic mass is 35.5. The molecule has 0 radical (unpaired) electrons. The van der Waals surface area contributed by atoms with Crippen LogP contribution in [-0.2, 0) is 11.2 Å². The van der Waals surface area contributed by atoms with Gasteiger partial charge in [-0.3, -0.25) is 4.79 Å². The molecule has 6 heteroatoms. The number of carbonyl (C=O) groups excluding carboxylic acids is 1. The fourth-order valence-corrected chi connectivity index (χ4v) is 3.02. The van der Waals surface area contributed by atoms with Gasteiger partial charge in [0.1, 0.15) is 0 Å². The minimum atomic E-state index is -0.0991. The monoisotopic (exact) mass is 389 g/mol. The second-order valence-electron chi connectivity index (χ2n) is 6.66. The van der Waals surface area contributed by atoms with Crippen molar-refractivity contribution in [2.75, 3.05) is 18.5 Å². The maximum absolute atomic E-state index is 12.4. The van der Waals surface area contributed by atoms with E-state index < -0.39 is 0 Å². The van der Waals surface area contributed by atoms with E-state index in [4.69, 9.17) is 25.8 Å². The SMILES string of the molecule is CC(C)Oc1c(Cl)cccc1NC(=O)CCc1ccc2c(c1)OCCCO2. The van der Waals surface area contributed by atoms with E-state index in [1.807, 2.05) is 32.0 Å². The van der Waals surface area contributed by atoms with Crippen LogP contribution in [0.2, 0.25) is 5.02 Å². The van der Waals surface area contributed by atoms with E-state index in [1.54, 1.807) is 18.2 Å². The molecular weight excluding hydrogens is 366 g/mol. The van der Waals surface area contributed by atoms with E-state index in [2.05, 4.69) is 5.32 Å². The van der Waals surface area contributed by atoms with Crippen LogP contribution >= 0.6 is 11.6 Å². The highest BCUT2D eigenvalue weighted by molar-refractivity contribution is 6.32. The summed E-state index contributed by atoms with van der Waals surface area (Å²) in [7, 11) is 0. The first-order valence-electron chi connectivity index (χ1n) is 9.16. The molecule has 0 saturated heterocycles. The molecule has 1 heterocycles. The first kappa shape index (κ1) is 19.4. The Hall–Kier alpha value is -2.40. The van der Waals surface area contributed by atoms with Gasteiger partial charge in [0.2, 0.25) is 5.91 Å². The van der Waals surface area contributed by atoms with Crippen LogP contribution in [0, 0.1) is 0 Å². The molecular formula is C21H24ClNO4. The second kappa shape index (κ2) is 9.00. The largest absolute Gasteiger partial charge is 0.490 e. The van der Waals surface area contributed by atoms with Gasteiger partial charge in [-0.25, -0.2) is 0 Å². The zero-order valence-electron chi connectivity index (χ0n) is 15.6. The van der Waals surface area contributed by atoms with E-state index in [9.17, 15) is 4.79 Å². The molecule has 3 rings (SSSR count). The number of hydrogen-bond donors (Lipinski definition) is 1. The number of aryl methyl sites for hydroxylation is 1. The summed E-state index contributed by atoms with van der Waals surface area (Å²) in [5.41, 5.74) is 1.61. The first-order valence-corrected chi connectivity index (χ1v) is 9.54. The molecule has 0 spiro atoms. The lowest BCUT2D eigenvalue weighted by Gasteiger charge is -2.16. The summed E-state index contributed by atoms with van der Waals surface area (Å²) in [6.07, 6.45) is 1.77. The molecule has 0 unspecified atom stereocenters. The van der Waals surface area contributed by atoms with Gasteiger partial charge in [-0.15, -0.1) is 0 Å². The fraction of sp³-hybridized carbons (Fsp3) is 0.381. The number of hydrogen-bond acceptors (Lipinski definition) is 4. The normalized spacial score (nSPS) is 13.2. The lowest BCUT2D eigenvalue weighted by Crippen LogP contribution is -2.15. The van der Waals surface area contributed by atoms with Crippen LogP contribution in [-0.4, -0.2) is 25.2 Å². The molecule has 144 valence electrons. The zero-order valence-corrected chi connectivity index (χ0v) is 16.3. The standard InChI is InChI=1S/C21H24ClNO4/c1-14(2)27-21-16(22)5-3-6-17(21)23-20(24)10-8-15-7-9-18-19(13-15)26-12-4-11-25-18/h3,5-7,9,13-14H,4,8,10-12H2,1-2H3,(H,23,24). The Bertz CT molecular complexity index is 807. The Morgan fingerprint density at radius 2 is 1.96 bits per heavy atom. The second-order valence-corrected chi connectivity index (χ2v) is 7.07. The van der Waals surface area contributed by atoms with Gasteiger partial charge >= 0.3 is 0 Å². The summed E-state index contributed by atoms with van der Waals surface area (Å²) >= 11 is 6.21. The van der Waals surface area contributed by atoms with Crippen LogP contribution in [0.1, 0.15) is 32.3 Å². The van der Waals surface area contributed by atoms with Crippen LogP contribution < -0.4 is 19.5 Å². The third kappa shape index (κ3) is 5.30. The van der Waals surface area contributed by atoms with Crippen LogP contribution in [0.25, 0.3) is 0 Å². The molecule has 0 fully saturated rings. The van der Waals surface area contributed by atoms with Gasteiger partial charge in [-0.2, -0.15) is 0 Å². The predicted molar refractivity (Wildman–Crippen MR) is 106 cm³/mol. The summed E-state index contributed by atoms with van der Waals surface area (Å²) in [5.74, 6) is 1.90. The van der Waals surface area contributed by atoms with Crippen LogP contribution in [0.15, 0.2) is 36.4 Å². The maximum Gasteiger partial charge on any atom is 0.224 e. The smallest absolute Gasteiger partial charge is 0.224 e. The van der Waals surface area contributed by atoms with Crippen molar-refractivity contribution >= 4 is 23.2 Å². The zero-order chi connectivity index (χ0) is 19.2. The Morgan fingerprint density at radius 1 is 1.19 bits per heavy atom. The molecule has 1 aliphatic rings. The third-order valence-electron chi connectivity index (χ3n) is 4.05. The number of anilines is 1. The van der Waals surface area contributed by atoms with Crippen molar-refractivity contribution in [3.8, 4) is 17.2 Å². The Morgan fingerprint density at radius 3 is 2.74 bits per heavy atom. The molecule has 0 atom stereocenters. The number of ether oxygens (including phenoxy) is 3. The van der Waals surface area contributed by atoms with Crippen molar-refractivity contribution in [3.05, 3.63) is 47.0 Å². The number of rotatable bonds is 6. The average Bonchev–Trinajstić information content (AvgIpc) is 2.87. The minimum absolute atomic E-state index is 0.0395. The molecule has 0 bridgehead atoms. The Kier molecular flexibility index (Phi) is 6.45. The lowest BCUT2D eigenvalue weighted by atomic mass is 10.1. The van der Waals surface area contributed by atoms with Crippen molar-refractivity contribution in [1.82, 2.24) is 0 Å². The lowest BCUT2D eigenvalue weighted by molar-refractivity contribution is -0.116. The van der Waals surface area contributed by atoms with Crippen molar-refractivity contribution in [2.24, 2.45) is 0 Å². The van der Waals surface area contributed by atoms with Crippen molar-refractivity contribution < 1.29 is 19.0 Å². The van der Waals surface area contributed by atoms with Crippen LogP contribution in [0.4, 0.5) is 5.69 Å². The van der Waals surface area contributed by atoms with E-state index >= 15 is 0 Å². The molecule has 27 heavy (non-hydrogen) atoms. The van der Waals surface area contributed by atoms with Crippen LogP contribution in [0.5, 0.6) is 17.2 Å². The number of halogens is 1. The van der Waals surface area contributed by atoms with E-state index in [0.29, 0.717) is 42.5 Å². The summed E-state index contributed by atoms with van der Waals surface area (Å²) in [6.45, 7) is 5.14. The van der Waals surface area contributed by atoms with Crippen molar-refractivity contribution in [2.45, 2.75) is 39.2 Å². The third-order valence-corrected chi connectivity index (χ3v) is 4.34. The molecule has 2 aromatic rings. The van der Waals surface area contributed by atoms with E-state index in [1.165, 1.54) is 0 Å². The topological polar surface area (TPSA) is 56.8 Å². The predicted octanol–water partition coefficient (Wildman–Crippen LogP) is 4.86. The van der Waals surface area contributed by atoms with Gasteiger partial charge in [0.15, 0.2) is 17.2 Å². The van der Waals surface area contributed by atoms with E-state index in [0.717, 1.165) is 23.5 Å². The number of carbonyl (C=O) groups is 1. The van der Waals surface area contributed by atoms with Gasteiger partial charge in [-0.1, -0.05) is 23.7 Å².